The van der Waals surface area contributed by atoms with Crippen LogP contribution in [0.2, 0.25) is 0 Å². The fraction of sp³-hybridized carbons (Fsp3) is 0.692. The number of amides is 1. The van der Waals surface area contributed by atoms with Crippen molar-refractivity contribution in [2.24, 2.45) is 0 Å². The van der Waals surface area contributed by atoms with Gasteiger partial charge in [0.05, 0.1) is 6.61 Å². The molecule has 0 unspecified atom stereocenters. The average Bonchev–Trinajstić information content (AvgIpc) is 2.80. The molecule has 0 aliphatic carbocycles. The van der Waals surface area contributed by atoms with E-state index in [-0.39, 0.29) is 11.7 Å². The number of aromatic nitrogens is 1. The van der Waals surface area contributed by atoms with Gasteiger partial charge in [0.2, 0.25) is 0 Å². The van der Waals surface area contributed by atoms with Crippen LogP contribution >= 0.6 is 11.3 Å². The second-order valence-corrected chi connectivity index (χ2v) is 5.47. The maximum atomic E-state index is 12.0. The zero-order chi connectivity index (χ0) is 14.8. The number of nitrogen functional groups attached to an aromatic ring is 1. The highest BCUT2D eigenvalue weighted by atomic mass is 32.1. The lowest BCUT2D eigenvalue weighted by molar-refractivity contribution is 0.0957. The number of nitrogens with two attached hydrogens (primary N) is 1. The number of thiazole rings is 1. The van der Waals surface area contributed by atoms with E-state index in [1.54, 1.807) is 7.11 Å². The Labute approximate surface area is 124 Å². The first kappa shape index (κ1) is 16.7. The van der Waals surface area contributed by atoms with E-state index in [4.69, 9.17) is 10.5 Å². The van der Waals surface area contributed by atoms with Crippen molar-refractivity contribution in [3.05, 3.63) is 4.88 Å². The molecule has 0 atom stereocenters. The first-order chi connectivity index (χ1) is 9.69. The van der Waals surface area contributed by atoms with Crippen LogP contribution < -0.4 is 16.4 Å². The summed E-state index contributed by atoms with van der Waals surface area (Å²) in [6.07, 6.45) is 4.52. The van der Waals surface area contributed by atoms with E-state index in [2.05, 4.69) is 22.5 Å². The largest absolute Gasteiger partial charge is 0.383 e. The lowest BCUT2D eigenvalue weighted by atomic mass is 10.2. The molecule has 0 saturated carbocycles. The molecule has 0 aliphatic rings. The third kappa shape index (κ3) is 5.75. The van der Waals surface area contributed by atoms with E-state index in [1.165, 1.54) is 24.2 Å². The fourth-order valence-corrected chi connectivity index (χ4v) is 2.49. The highest BCUT2D eigenvalue weighted by Gasteiger charge is 2.15. The van der Waals surface area contributed by atoms with Crippen molar-refractivity contribution in [1.29, 1.82) is 0 Å². The van der Waals surface area contributed by atoms with Gasteiger partial charge in [0, 0.05) is 20.2 Å². The molecule has 1 heterocycles. The Morgan fingerprint density at radius 3 is 2.85 bits per heavy atom. The molecule has 114 valence electrons. The molecule has 4 N–H and O–H groups in total. The summed E-state index contributed by atoms with van der Waals surface area (Å²) >= 11 is 1.27. The maximum absolute atomic E-state index is 12.0. The first-order valence-corrected chi connectivity index (χ1v) is 7.78. The third-order valence-corrected chi connectivity index (χ3v) is 3.79. The van der Waals surface area contributed by atoms with Crippen LogP contribution in [0, 0.1) is 0 Å². The molecule has 7 heteroatoms. The SMILES string of the molecule is CCCCCCNC(=O)c1sc(NCCOC)nc1N. The Balaban J connectivity index is 2.39. The number of carbonyl (C=O) groups excluding carboxylic acids is 1. The Kier molecular flexibility index (Phi) is 7.98. The number of methoxy groups -OCH3 is 1. The second kappa shape index (κ2) is 9.55. The number of nitrogens with zero attached hydrogens (tertiary/aromatic N) is 1. The van der Waals surface area contributed by atoms with Crippen molar-refractivity contribution in [3.8, 4) is 0 Å². The Bertz CT molecular complexity index is 409. The maximum Gasteiger partial charge on any atom is 0.265 e. The summed E-state index contributed by atoms with van der Waals surface area (Å²) in [6, 6.07) is 0. The van der Waals surface area contributed by atoms with Gasteiger partial charge in [-0.1, -0.05) is 37.5 Å². The molecule has 0 radical (unpaired) electrons. The third-order valence-electron chi connectivity index (χ3n) is 2.76. The summed E-state index contributed by atoms with van der Waals surface area (Å²) in [4.78, 5) is 16.6. The van der Waals surface area contributed by atoms with Gasteiger partial charge in [-0.05, 0) is 6.42 Å². The average molecular weight is 300 g/mol. The van der Waals surface area contributed by atoms with E-state index >= 15 is 0 Å². The van der Waals surface area contributed by atoms with Crippen molar-refractivity contribution in [1.82, 2.24) is 10.3 Å². The van der Waals surface area contributed by atoms with Crippen LogP contribution in [0.1, 0.15) is 42.3 Å². The lowest BCUT2D eigenvalue weighted by Gasteiger charge is -2.03. The van der Waals surface area contributed by atoms with Gasteiger partial charge in [-0.3, -0.25) is 4.79 Å². The molecule has 20 heavy (non-hydrogen) atoms. The van der Waals surface area contributed by atoms with Gasteiger partial charge in [-0.15, -0.1) is 0 Å². The Hall–Kier alpha value is -1.34. The molecule has 1 aromatic rings. The van der Waals surface area contributed by atoms with Gasteiger partial charge in [0.25, 0.3) is 5.91 Å². The second-order valence-electron chi connectivity index (χ2n) is 4.47. The zero-order valence-corrected chi connectivity index (χ0v) is 13.0. The molecule has 6 nitrogen and oxygen atoms in total. The van der Waals surface area contributed by atoms with E-state index in [1.807, 2.05) is 0 Å². The number of hydrogen-bond acceptors (Lipinski definition) is 6. The number of rotatable bonds is 10. The van der Waals surface area contributed by atoms with Crippen molar-refractivity contribution >= 4 is 28.2 Å². The van der Waals surface area contributed by atoms with Gasteiger partial charge in [-0.25, -0.2) is 4.98 Å². The summed E-state index contributed by atoms with van der Waals surface area (Å²) in [7, 11) is 1.63. The topological polar surface area (TPSA) is 89.3 Å². The normalized spacial score (nSPS) is 10.5. The Morgan fingerprint density at radius 2 is 2.15 bits per heavy atom. The molecule has 0 saturated heterocycles. The molecular weight excluding hydrogens is 276 g/mol. The molecule has 1 amide bonds. The predicted octanol–water partition coefficient (Wildman–Crippen LogP) is 2.09. The summed E-state index contributed by atoms with van der Waals surface area (Å²) in [5.41, 5.74) is 5.77. The van der Waals surface area contributed by atoms with E-state index in [9.17, 15) is 4.79 Å². The lowest BCUT2D eigenvalue weighted by Crippen LogP contribution is -2.24. The Morgan fingerprint density at radius 1 is 1.35 bits per heavy atom. The van der Waals surface area contributed by atoms with Crippen LogP contribution in [-0.2, 0) is 4.74 Å². The predicted molar refractivity (Wildman–Crippen MR) is 83.4 cm³/mol. The quantitative estimate of drug-likeness (QED) is 0.576. The van der Waals surface area contributed by atoms with Gasteiger partial charge >= 0.3 is 0 Å². The van der Waals surface area contributed by atoms with Crippen molar-refractivity contribution in [3.63, 3.8) is 0 Å². The number of nitrogens with one attached hydrogen (secondary N) is 2. The molecule has 0 aliphatic heterocycles. The molecule has 0 fully saturated rings. The highest BCUT2D eigenvalue weighted by molar-refractivity contribution is 7.18. The number of unbranched alkanes of at least 4 members (excludes halogenated alkanes) is 3. The first-order valence-electron chi connectivity index (χ1n) is 6.96. The van der Waals surface area contributed by atoms with Crippen LogP contribution in [0.4, 0.5) is 10.9 Å². The summed E-state index contributed by atoms with van der Waals surface area (Å²) in [5.74, 6) is 0.136. The molecule has 0 spiro atoms. The van der Waals surface area contributed by atoms with Crippen molar-refractivity contribution in [2.75, 3.05) is 37.9 Å². The summed E-state index contributed by atoms with van der Waals surface area (Å²) in [5, 5.41) is 6.60. The number of anilines is 2. The van der Waals surface area contributed by atoms with E-state index < -0.39 is 0 Å². The minimum Gasteiger partial charge on any atom is -0.383 e. The molecular formula is C13H24N4O2S. The molecule has 0 bridgehead atoms. The standard InChI is InChI=1S/C13H24N4O2S/c1-3-4-5-6-7-15-12(18)10-11(14)17-13(20-10)16-8-9-19-2/h3-9,14H2,1-2H3,(H,15,18)(H,16,17). The van der Waals surface area contributed by atoms with Crippen LogP contribution in [0.3, 0.4) is 0 Å². The van der Waals surface area contributed by atoms with Crippen LogP contribution in [0.5, 0.6) is 0 Å². The molecule has 1 aromatic heterocycles. The minimum absolute atomic E-state index is 0.142. The molecule has 0 aromatic carbocycles. The zero-order valence-electron chi connectivity index (χ0n) is 12.2. The van der Waals surface area contributed by atoms with Gasteiger partial charge < -0.3 is 21.1 Å². The van der Waals surface area contributed by atoms with E-state index in [0.29, 0.717) is 29.7 Å². The van der Waals surface area contributed by atoms with Crippen LogP contribution in [0.25, 0.3) is 0 Å². The summed E-state index contributed by atoms with van der Waals surface area (Å²) < 4.78 is 4.94. The fourth-order valence-electron chi connectivity index (χ4n) is 1.66. The number of carbonyl (C=O) groups is 1. The smallest absolute Gasteiger partial charge is 0.265 e. The number of ether oxygens (including phenoxy) is 1. The van der Waals surface area contributed by atoms with Crippen molar-refractivity contribution in [2.45, 2.75) is 32.6 Å². The molecule has 1 rings (SSSR count). The van der Waals surface area contributed by atoms with Gasteiger partial charge in [0.15, 0.2) is 5.13 Å². The van der Waals surface area contributed by atoms with Crippen LogP contribution in [0.15, 0.2) is 0 Å². The van der Waals surface area contributed by atoms with Gasteiger partial charge in [-0.2, -0.15) is 0 Å². The van der Waals surface area contributed by atoms with Crippen LogP contribution in [-0.4, -0.2) is 37.7 Å². The summed E-state index contributed by atoms with van der Waals surface area (Å²) in [6.45, 7) is 4.07. The van der Waals surface area contributed by atoms with Gasteiger partial charge in [0.1, 0.15) is 10.7 Å². The van der Waals surface area contributed by atoms with Crippen molar-refractivity contribution < 1.29 is 9.53 Å². The number of hydrogen-bond donors (Lipinski definition) is 3. The monoisotopic (exact) mass is 300 g/mol. The minimum atomic E-state index is -0.142. The van der Waals surface area contributed by atoms with E-state index in [0.717, 1.165) is 12.8 Å². The highest BCUT2D eigenvalue weighted by Crippen LogP contribution is 2.24.